The fourth-order valence-electron chi connectivity index (χ4n) is 5.56. The van der Waals surface area contributed by atoms with Crippen molar-refractivity contribution in [3.63, 3.8) is 0 Å². The van der Waals surface area contributed by atoms with Gasteiger partial charge >= 0.3 is 0 Å². The first-order chi connectivity index (χ1) is 20.5. The summed E-state index contributed by atoms with van der Waals surface area (Å²) in [4.78, 5) is 12.5. The Morgan fingerprint density at radius 3 is 2.52 bits per heavy atom. The molecule has 2 aliphatic heterocycles. The van der Waals surface area contributed by atoms with Crippen LogP contribution in [0.25, 0.3) is 5.69 Å². The Balaban J connectivity index is 1.51. The third kappa shape index (κ3) is 4.33. The van der Waals surface area contributed by atoms with Crippen molar-refractivity contribution in [2.45, 2.75) is 19.9 Å². The molecule has 2 N–H and O–H groups in total. The number of nitrogens with zero attached hydrogens (tertiary/aromatic N) is 5. The average molecular weight is 620 g/mol. The van der Waals surface area contributed by atoms with Crippen LogP contribution in [0.1, 0.15) is 29.8 Å². The zero-order valence-corrected chi connectivity index (χ0v) is 24.6. The highest BCUT2D eigenvalue weighted by Gasteiger charge is 2.42. The summed E-state index contributed by atoms with van der Waals surface area (Å²) in [5, 5.41) is 19.8. The number of aromatic hydroxyl groups is 1. The number of aryl methyl sites for hydroxylation is 1. The van der Waals surface area contributed by atoms with Crippen LogP contribution in [-0.2, 0) is 0 Å². The Kier molecular flexibility index (Phi) is 6.51. The van der Waals surface area contributed by atoms with Gasteiger partial charge in [-0.3, -0.25) is 0 Å². The molecule has 0 bridgehead atoms. The number of hydrogen-bond donors (Lipinski definition) is 2. The number of phenols is 1. The Labute approximate surface area is 251 Å². The second-order valence-corrected chi connectivity index (χ2v) is 10.9. The van der Waals surface area contributed by atoms with Crippen LogP contribution in [0.3, 0.4) is 0 Å². The number of anilines is 2. The van der Waals surface area contributed by atoms with E-state index in [1.165, 1.54) is 0 Å². The van der Waals surface area contributed by atoms with E-state index < -0.39 is 6.04 Å². The smallest absolute Gasteiger partial charge is 0.179 e. The molecule has 8 nitrogen and oxygen atoms in total. The summed E-state index contributed by atoms with van der Waals surface area (Å²) >= 11 is 3.63. The van der Waals surface area contributed by atoms with Gasteiger partial charge in [0.05, 0.1) is 41.1 Å². The molecule has 0 radical (unpaired) electrons. The van der Waals surface area contributed by atoms with Gasteiger partial charge < -0.3 is 20.1 Å². The summed E-state index contributed by atoms with van der Waals surface area (Å²) in [7, 11) is 0. The van der Waals surface area contributed by atoms with E-state index >= 15 is 0 Å². The van der Waals surface area contributed by atoms with Gasteiger partial charge in [0.25, 0.3) is 0 Å². The highest BCUT2D eigenvalue weighted by molar-refractivity contribution is 9.10. The summed E-state index contributed by atoms with van der Waals surface area (Å²) in [5.74, 6) is 2.75. The molecule has 42 heavy (non-hydrogen) atoms. The number of halogens is 1. The first-order valence-electron chi connectivity index (χ1n) is 13.7. The Morgan fingerprint density at radius 1 is 0.929 bits per heavy atom. The van der Waals surface area contributed by atoms with Crippen molar-refractivity contribution >= 4 is 50.5 Å². The van der Waals surface area contributed by atoms with Crippen LogP contribution in [0.5, 0.6) is 11.5 Å². The van der Waals surface area contributed by atoms with Crippen molar-refractivity contribution in [2.24, 2.45) is 9.98 Å². The fraction of sp³-hybridized carbons (Fsp3) is 0.121. The van der Waals surface area contributed by atoms with Gasteiger partial charge in [0.15, 0.2) is 17.5 Å². The molecule has 0 saturated heterocycles. The van der Waals surface area contributed by atoms with Gasteiger partial charge in [-0.1, -0.05) is 58.4 Å². The van der Waals surface area contributed by atoms with Crippen LogP contribution in [0.15, 0.2) is 112 Å². The predicted molar refractivity (Wildman–Crippen MR) is 170 cm³/mol. The zero-order valence-electron chi connectivity index (χ0n) is 23.0. The number of rotatable bonds is 5. The van der Waals surface area contributed by atoms with Crippen molar-refractivity contribution in [1.82, 2.24) is 9.78 Å². The predicted octanol–water partition coefficient (Wildman–Crippen LogP) is 7.84. The topological polar surface area (TPSA) is 87.3 Å². The monoisotopic (exact) mass is 618 g/mol. The van der Waals surface area contributed by atoms with Gasteiger partial charge in [-0.15, -0.1) is 0 Å². The number of hydrogen-bond acceptors (Lipinski definition) is 7. The van der Waals surface area contributed by atoms with Crippen LogP contribution in [-0.4, -0.2) is 33.2 Å². The third-order valence-corrected chi connectivity index (χ3v) is 7.86. The first kappa shape index (κ1) is 26.0. The lowest BCUT2D eigenvalue weighted by Crippen LogP contribution is -2.46. The average Bonchev–Trinajstić information content (AvgIpc) is 3.35. The van der Waals surface area contributed by atoms with E-state index in [0.29, 0.717) is 24.1 Å². The maximum Gasteiger partial charge on any atom is 0.179 e. The molecule has 0 amide bonds. The molecule has 2 aliphatic rings. The largest absolute Gasteiger partial charge is 0.508 e. The molecule has 0 saturated carbocycles. The van der Waals surface area contributed by atoms with Gasteiger partial charge in [0.1, 0.15) is 11.5 Å². The molecular formula is C33H27BrN6O2. The summed E-state index contributed by atoms with van der Waals surface area (Å²) < 4.78 is 8.64. The number of aromatic nitrogens is 2. The van der Waals surface area contributed by atoms with Crippen LogP contribution in [0, 0.1) is 6.92 Å². The molecule has 208 valence electrons. The van der Waals surface area contributed by atoms with Gasteiger partial charge in [0.2, 0.25) is 0 Å². The number of aliphatic imine (C=N–C) groups is 2. The van der Waals surface area contributed by atoms with E-state index in [2.05, 4.69) is 26.1 Å². The lowest BCUT2D eigenvalue weighted by atomic mass is 9.92. The molecule has 1 aromatic heterocycles. The van der Waals surface area contributed by atoms with Crippen molar-refractivity contribution in [3.8, 4) is 17.2 Å². The molecule has 0 aliphatic carbocycles. The number of fused-ring (bicyclic) bond motifs is 4. The highest BCUT2D eigenvalue weighted by atomic mass is 79.9. The number of phenolic OH excluding ortho intramolecular Hbond substituents is 1. The zero-order chi connectivity index (χ0) is 28.8. The van der Waals surface area contributed by atoms with E-state index in [9.17, 15) is 5.11 Å². The van der Waals surface area contributed by atoms with E-state index in [1.54, 1.807) is 6.07 Å². The van der Waals surface area contributed by atoms with E-state index in [-0.39, 0.29) is 5.75 Å². The Hall–Kier alpha value is -4.89. The van der Waals surface area contributed by atoms with Crippen molar-refractivity contribution < 1.29 is 9.84 Å². The normalized spacial score (nSPS) is 15.2. The van der Waals surface area contributed by atoms with Crippen LogP contribution < -0.4 is 15.0 Å². The lowest BCUT2D eigenvalue weighted by Gasteiger charge is -2.40. The van der Waals surface area contributed by atoms with E-state index in [4.69, 9.17) is 19.8 Å². The van der Waals surface area contributed by atoms with Gasteiger partial charge in [-0.25, -0.2) is 14.7 Å². The van der Waals surface area contributed by atoms with Gasteiger partial charge in [0, 0.05) is 15.6 Å². The second kappa shape index (κ2) is 10.5. The summed E-state index contributed by atoms with van der Waals surface area (Å²) in [6.07, 6.45) is 0. The van der Waals surface area contributed by atoms with Gasteiger partial charge in [-0.2, -0.15) is 5.10 Å². The van der Waals surface area contributed by atoms with Crippen LogP contribution in [0.2, 0.25) is 0 Å². The molecule has 4 aromatic carbocycles. The van der Waals surface area contributed by atoms with E-state index in [1.807, 2.05) is 110 Å². The molecule has 7 rings (SSSR count). The van der Waals surface area contributed by atoms with E-state index in [0.717, 1.165) is 49.8 Å². The standard InChI is InChI=1S/C33H27BrN6O2/c1-3-42-28-16-10-8-14-25(28)36-31-33-37-32-29(20(2)38-40(32)22-11-5-4-6-12-22)30(23-19-21(34)17-18-27(23)41)39(33)26-15-9-7-13-24(26)35-31/h4-19,30,41H,3H2,1-2H3,(H,35,36). The minimum Gasteiger partial charge on any atom is -0.508 e. The Morgan fingerprint density at radius 2 is 1.69 bits per heavy atom. The summed E-state index contributed by atoms with van der Waals surface area (Å²) in [5.41, 5.74) is 5.77. The van der Waals surface area contributed by atoms with Crippen molar-refractivity contribution in [1.29, 1.82) is 0 Å². The SMILES string of the molecule is CCOc1ccccc1NC1=Nc2ccccc2N2C1=Nc1c(c(C)nn1-c1ccccc1)C2c1cc(Br)ccc1O. The number of nitrogens with one attached hydrogen (secondary N) is 1. The van der Waals surface area contributed by atoms with Crippen molar-refractivity contribution in [3.05, 3.63) is 118 Å². The maximum absolute atomic E-state index is 11.3. The fourth-order valence-corrected chi connectivity index (χ4v) is 5.94. The molecule has 5 aromatic rings. The number of para-hydroxylation sites is 5. The molecule has 9 heteroatoms. The lowest BCUT2D eigenvalue weighted by molar-refractivity contribution is 0.342. The van der Waals surface area contributed by atoms with Crippen LogP contribution in [0.4, 0.5) is 22.9 Å². The summed E-state index contributed by atoms with van der Waals surface area (Å²) in [6.45, 7) is 4.48. The summed E-state index contributed by atoms with van der Waals surface area (Å²) in [6, 6.07) is 30.8. The van der Waals surface area contributed by atoms with Crippen molar-refractivity contribution in [2.75, 3.05) is 16.8 Å². The molecule has 0 spiro atoms. The van der Waals surface area contributed by atoms with Gasteiger partial charge in [-0.05, 0) is 68.4 Å². The molecular weight excluding hydrogens is 592 g/mol. The molecule has 1 unspecified atom stereocenters. The Bertz CT molecular complexity index is 1880. The maximum atomic E-state index is 11.3. The minimum absolute atomic E-state index is 0.179. The number of amidine groups is 2. The molecule has 1 atom stereocenters. The third-order valence-electron chi connectivity index (χ3n) is 7.36. The molecule has 0 fully saturated rings. The molecule has 3 heterocycles. The number of ether oxygens (including phenoxy) is 1. The highest BCUT2D eigenvalue weighted by Crippen LogP contribution is 2.50. The van der Waals surface area contributed by atoms with Crippen LogP contribution >= 0.6 is 15.9 Å². The minimum atomic E-state index is -0.446. The second-order valence-electron chi connectivity index (χ2n) is 9.98. The number of benzene rings is 4. The first-order valence-corrected chi connectivity index (χ1v) is 14.5. The quantitative estimate of drug-likeness (QED) is 0.209.